The quantitative estimate of drug-likeness (QED) is 0.409. The minimum atomic E-state index is 0.106. The van der Waals surface area contributed by atoms with Gasteiger partial charge in [0, 0.05) is 50.1 Å². The predicted octanol–water partition coefficient (Wildman–Crippen LogP) is 0.942. The van der Waals surface area contributed by atoms with Crippen molar-refractivity contribution in [3.05, 3.63) is 0 Å². The lowest BCUT2D eigenvalue weighted by Gasteiger charge is -2.40. The molecular weight excluding hydrogens is 290 g/mol. The summed E-state index contributed by atoms with van der Waals surface area (Å²) < 4.78 is 0. The van der Waals surface area contributed by atoms with Crippen molar-refractivity contribution in [2.75, 3.05) is 39.3 Å². The van der Waals surface area contributed by atoms with Gasteiger partial charge >= 0.3 is 0 Å². The standard InChI is InChI=1S/C17H33N5O/c1-5-18-15(19-8-9-21-16(2,3)4)22-10-6-7-17(13-22)11-14(23)20-12-17/h21H,5-13H2,1-4H3,(H,18,19)(H,20,23). The molecule has 2 aliphatic rings. The fourth-order valence-electron chi connectivity index (χ4n) is 3.45. The molecule has 6 nitrogen and oxygen atoms in total. The lowest BCUT2D eigenvalue weighted by molar-refractivity contribution is -0.119. The molecule has 2 rings (SSSR count). The summed E-state index contributed by atoms with van der Waals surface area (Å²) in [6, 6.07) is 0. The van der Waals surface area contributed by atoms with Gasteiger partial charge in [0.05, 0.1) is 6.54 Å². The maximum Gasteiger partial charge on any atom is 0.220 e. The van der Waals surface area contributed by atoms with Crippen molar-refractivity contribution in [3.63, 3.8) is 0 Å². The SMILES string of the molecule is CCNC(=NCCNC(C)(C)C)N1CCCC2(CNC(=O)C2)C1. The van der Waals surface area contributed by atoms with Gasteiger partial charge in [0.15, 0.2) is 5.96 Å². The molecule has 1 atom stereocenters. The van der Waals surface area contributed by atoms with E-state index in [4.69, 9.17) is 4.99 Å². The Kier molecular flexibility index (Phi) is 5.89. The molecule has 2 heterocycles. The molecule has 0 aromatic rings. The molecule has 2 aliphatic heterocycles. The highest BCUT2D eigenvalue weighted by Gasteiger charge is 2.42. The van der Waals surface area contributed by atoms with Crippen LogP contribution in [0, 0.1) is 5.41 Å². The van der Waals surface area contributed by atoms with Gasteiger partial charge < -0.3 is 20.9 Å². The molecular formula is C17H33N5O. The Bertz CT molecular complexity index is 443. The van der Waals surface area contributed by atoms with Crippen LogP contribution in [0.1, 0.15) is 47.0 Å². The topological polar surface area (TPSA) is 68.8 Å². The molecule has 0 aromatic carbocycles. The first kappa shape index (κ1) is 18.0. The summed E-state index contributed by atoms with van der Waals surface area (Å²) >= 11 is 0. The number of piperidine rings is 1. The molecule has 0 radical (unpaired) electrons. The molecule has 0 aliphatic carbocycles. The van der Waals surface area contributed by atoms with E-state index in [1.54, 1.807) is 0 Å². The van der Waals surface area contributed by atoms with E-state index in [0.29, 0.717) is 6.42 Å². The van der Waals surface area contributed by atoms with Crippen molar-refractivity contribution in [2.45, 2.75) is 52.5 Å². The fourth-order valence-corrected chi connectivity index (χ4v) is 3.45. The van der Waals surface area contributed by atoms with Gasteiger partial charge in [-0.3, -0.25) is 9.79 Å². The first-order chi connectivity index (χ1) is 10.8. The third kappa shape index (κ3) is 5.37. The van der Waals surface area contributed by atoms with Crippen LogP contribution in [-0.4, -0.2) is 61.6 Å². The summed E-state index contributed by atoms with van der Waals surface area (Å²) in [6.45, 7) is 13.9. The number of nitrogens with one attached hydrogen (secondary N) is 3. The smallest absolute Gasteiger partial charge is 0.220 e. The lowest BCUT2D eigenvalue weighted by atomic mass is 9.79. The van der Waals surface area contributed by atoms with Gasteiger partial charge in [0.2, 0.25) is 5.91 Å². The van der Waals surface area contributed by atoms with E-state index in [2.05, 4.69) is 48.5 Å². The number of rotatable bonds is 4. The van der Waals surface area contributed by atoms with Crippen LogP contribution < -0.4 is 16.0 Å². The van der Waals surface area contributed by atoms with E-state index in [9.17, 15) is 4.79 Å². The van der Waals surface area contributed by atoms with Crippen molar-refractivity contribution in [3.8, 4) is 0 Å². The number of amides is 1. The largest absolute Gasteiger partial charge is 0.357 e. The average molecular weight is 323 g/mol. The summed E-state index contributed by atoms with van der Waals surface area (Å²) in [5.41, 5.74) is 0.230. The molecule has 2 saturated heterocycles. The molecule has 0 bridgehead atoms. The number of hydrogen-bond acceptors (Lipinski definition) is 3. The first-order valence-corrected chi connectivity index (χ1v) is 8.89. The highest BCUT2D eigenvalue weighted by molar-refractivity contribution is 5.81. The minimum absolute atomic E-state index is 0.106. The number of aliphatic imine (C=N–C) groups is 1. The van der Waals surface area contributed by atoms with Crippen molar-refractivity contribution in [1.29, 1.82) is 0 Å². The number of likely N-dealkylation sites (tertiary alicyclic amines) is 1. The van der Waals surface area contributed by atoms with Crippen LogP contribution in [0.4, 0.5) is 0 Å². The summed E-state index contributed by atoms with van der Waals surface area (Å²) in [4.78, 5) is 18.8. The van der Waals surface area contributed by atoms with Crippen LogP contribution in [0.2, 0.25) is 0 Å². The molecule has 1 spiro atoms. The molecule has 1 amide bonds. The number of carbonyl (C=O) groups is 1. The minimum Gasteiger partial charge on any atom is -0.357 e. The van der Waals surface area contributed by atoms with Crippen LogP contribution in [0.15, 0.2) is 4.99 Å². The second-order valence-corrected chi connectivity index (χ2v) is 7.89. The zero-order chi connectivity index (χ0) is 16.9. The van der Waals surface area contributed by atoms with Crippen LogP contribution >= 0.6 is 0 Å². The third-order valence-electron chi connectivity index (χ3n) is 4.52. The number of carbonyl (C=O) groups excluding carboxylic acids is 1. The van der Waals surface area contributed by atoms with Gasteiger partial charge in [-0.1, -0.05) is 0 Å². The normalized spacial score (nSPS) is 25.8. The van der Waals surface area contributed by atoms with Gasteiger partial charge in [-0.15, -0.1) is 0 Å². The molecule has 6 heteroatoms. The number of guanidine groups is 1. The number of hydrogen-bond donors (Lipinski definition) is 3. The molecule has 0 saturated carbocycles. The first-order valence-electron chi connectivity index (χ1n) is 8.89. The fraction of sp³-hybridized carbons (Fsp3) is 0.882. The van der Waals surface area contributed by atoms with Crippen molar-refractivity contribution in [1.82, 2.24) is 20.9 Å². The molecule has 0 aromatic heterocycles. The molecule has 2 fully saturated rings. The van der Waals surface area contributed by atoms with Gasteiger partial charge in [-0.2, -0.15) is 0 Å². The average Bonchev–Trinajstić information content (AvgIpc) is 2.82. The van der Waals surface area contributed by atoms with Gasteiger partial charge in [-0.05, 0) is 40.5 Å². The Morgan fingerprint density at radius 1 is 1.43 bits per heavy atom. The maximum atomic E-state index is 11.6. The summed E-state index contributed by atoms with van der Waals surface area (Å²) in [5, 5.41) is 9.88. The number of nitrogens with zero attached hydrogens (tertiary/aromatic N) is 2. The lowest BCUT2D eigenvalue weighted by Crippen LogP contribution is -2.51. The second kappa shape index (κ2) is 7.51. The van der Waals surface area contributed by atoms with Crippen LogP contribution in [0.25, 0.3) is 0 Å². The van der Waals surface area contributed by atoms with Gasteiger partial charge in [0.25, 0.3) is 0 Å². The monoisotopic (exact) mass is 323 g/mol. The Balaban J connectivity index is 1.95. The van der Waals surface area contributed by atoms with Crippen molar-refractivity contribution < 1.29 is 4.79 Å². The summed E-state index contributed by atoms with van der Waals surface area (Å²) in [5.74, 6) is 1.18. The van der Waals surface area contributed by atoms with E-state index >= 15 is 0 Å². The molecule has 3 N–H and O–H groups in total. The van der Waals surface area contributed by atoms with E-state index in [0.717, 1.165) is 58.1 Å². The van der Waals surface area contributed by atoms with Gasteiger partial charge in [0.1, 0.15) is 0 Å². The van der Waals surface area contributed by atoms with E-state index in [1.165, 1.54) is 0 Å². The van der Waals surface area contributed by atoms with E-state index < -0.39 is 0 Å². The van der Waals surface area contributed by atoms with E-state index in [1.807, 2.05) is 0 Å². The zero-order valence-corrected chi connectivity index (χ0v) is 15.2. The Labute approximate surface area is 140 Å². The van der Waals surface area contributed by atoms with Crippen LogP contribution in [0.3, 0.4) is 0 Å². The Morgan fingerprint density at radius 2 is 2.22 bits per heavy atom. The molecule has 1 unspecified atom stereocenters. The highest BCUT2D eigenvalue weighted by Crippen LogP contribution is 2.35. The maximum absolute atomic E-state index is 11.6. The van der Waals surface area contributed by atoms with E-state index in [-0.39, 0.29) is 16.9 Å². The second-order valence-electron chi connectivity index (χ2n) is 7.89. The Hall–Kier alpha value is -1.30. The summed E-state index contributed by atoms with van der Waals surface area (Å²) in [7, 11) is 0. The van der Waals surface area contributed by atoms with Crippen LogP contribution in [-0.2, 0) is 4.79 Å². The predicted molar refractivity (Wildman–Crippen MR) is 94.6 cm³/mol. The Morgan fingerprint density at radius 3 is 2.83 bits per heavy atom. The summed E-state index contributed by atoms with van der Waals surface area (Å²) in [6.07, 6.45) is 2.92. The zero-order valence-electron chi connectivity index (χ0n) is 15.2. The molecule has 23 heavy (non-hydrogen) atoms. The van der Waals surface area contributed by atoms with Crippen LogP contribution in [0.5, 0.6) is 0 Å². The van der Waals surface area contributed by atoms with Gasteiger partial charge in [-0.25, -0.2) is 0 Å². The van der Waals surface area contributed by atoms with Crippen molar-refractivity contribution in [2.24, 2.45) is 10.4 Å². The third-order valence-corrected chi connectivity index (χ3v) is 4.52. The molecule has 132 valence electrons. The van der Waals surface area contributed by atoms with Crippen molar-refractivity contribution >= 4 is 11.9 Å². The highest BCUT2D eigenvalue weighted by atomic mass is 16.1.